The number of aryl methyl sites for hydroxylation is 1. The van der Waals surface area contributed by atoms with Gasteiger partial charge in [0.1, 0.15) is 10.1 Å². The summed E-state index contributed by atoms with van der Waals surface area (Å²) in [5.41, 5.74) is 0.851. The molecule has 0 aromatic heterocycles. The van der Waals surface area contributed by atoms with Crippen molar-refractivity contribution in [3.8, 4) is 0 Å². The molecule has 0 saturated heterocycles. The van der Waals surface area contributed by atoms with Gasteiger partial charge in [-0.2, -0.15) is 4.33 Å². The van der Waals surface area contributed by atoms with Crippen LogP contribution in [0, 0.1) is 6.92 Å². The molecule has 2 aromatic carbocycles. The van der Waals surface area contributed by atoms with Gasteiger partial charge in [-0.25, -0.2) is 8.42 Å². The third-order valence-corrected chi connectivity index (χ3v) is 3.93. The first-order chi connectivity index (χ1) is 8.91. The van der Waals surface area contributed by atoms with E-state index < -0.39 is 10.1 Å². The monoisotopic (exact) mass is 300 g/mol. The van der Waals surface area contributed by atoms with Gasteiger partial charge in [0, 0.05) is 4.90 Å². The van der Waals surface area contributed by atoms with E-state index in [0.29, 0.717) is 22.3 Å². The van der Waals surface area contributed by atoms with E-state index in [0.717, 1.165) is 10.9 Å². The van der Waals surface area contributed by atoms with E-state index in [4.69, 9.17) is 0 Å². The summed E-state index contributed by atoms with van der Waals surface area (Å²) in [4.78, 5) is 0.254. The Morgan fingerprint density at radius 2 is 1.95 bits per heavy atom. The van der Waals surface area contributed by atoms with Gasteiger partial charge in [0.25, 0.3) is 0 Å². The van der Waals surface area contributed by atoms with Crippen LogP contribution >= 0.6 is 12.0 Å². The van der Waals surface area contributed by atoms with Gasteiger partial charge in [0.05, 0.1) is 16.9 Å². The molecule has 2 aromatic rings. The Balaban J connectivity index is 2.56. The van der Waals surface area contributed by atoms with E-state index in [1.807, 2.05) is 6.92 Å². The fraction of sp³-hybridized carbons (Fsp3) is 0.0909. The van der Waals surface area contributed by atoms with Gasteiger partial charge >= 0.3 is 0 Å². The topological polar surface area (TPSA) is 98.7 Å². The zero-order chi connectivity index (χ0) is 14.0. The maximum atomic E-state index is 11.0. The number of hydrogen-bond acceptors (Lipinski definition) is 7. The first-order valence-electron chi connectivity index (χ1n) is 5.05. The fourth-order valence-corrected chi connectivity index (χ4v) is 2.77. The minimum atomic E-state index is -4.50. The largest absolute Gasteiger partial charge is 0.744 e. The maximum Gasteiger partial charge on any atom is 0.124 e. The molecule has 0 unspecified atom stereocenters. The van der Waals surface area contributed by atoms with Crippen molar-refractivity contribution in [3.05, 3.63) is 35.9 Å². The van der Waals surface area contributed by atoms with Crippen LogP contribution in [-0.2, 0) is 19.5 Å². The molecule has 0 amide bonds. The Kier molecular flexibility index (Phi) is 4.09. The summed E-state index contributed by atoms with van der Waals surface area (Å²) in [5, 5.41) is 14.4. The van der Waals surface area contributed by atoms with Gasteiger partial charge in [0.2, 0.25) is 0 Å². The van der Waals surface area contributed by atoms with Crippen LogP contribution in [0.15, 0.2) is 40.1 Å². The Labute approximate surface area is 113 Å². The van der Waals surface area contributed by atoms with E-state index in [1.54, 1.807) is 18.2 Å². The minimum Gasteiger partial charge on any atom is -0.744 e. The number of fused-ring (bicyclic) bond motifs is 1. The summed E-state index contributed by atoms with van der Waals surface area (Å²) >= 11 is 0.700. The van der Waals surface area contributed by atoms with Crippen molar-refractivity contribution in [1.82, 2.24) is 0 Å². The zero-order valence-corrected chi connectivity index (χ0v) is 11.3. The predicted molar refractivity (Wildman–Crippen MR) is 64.7 cm³/mol. The summed E-state index contributed by atoms with van der Waals surface area (Å²) in [6.45, 7) is 1.82. The highest BCUT2D eigenvalue weighted by Gasteiger charge is 2.06. The molecule has 102 valence electrons. The molecule has 8 heteroatoms. The lowest BCUT2D eigenvalue weighted by atomic mass is 10.1. The second-order valence-corrected chi connectivity index (χ2v) is 5.95. The minimum absolute atomic E-state index is 0.303. The Morgan fingerprint density at radius 1 is 1.21 bits per heavy atom. The van der Waals surface area contributed by atoms with Gasteiger partial charge in [-0.3, -0.25) is 5.04 Å². The molecule has 0 aliphatic heterocycles. The maximum absolute atomic E-state index is 11.0. The SMILES string of the molecule is Cc1cc(SOO[O-])cc2cc(S(=O)(=O)[O-])ccc12. The molecule has 0 radical (unpaired) electrons. The Bertz CT molecular complexity index is 710. The van der Waals surface area contributed by atoms with E-state index >= 15 is 0 Å². The molecule has 6 nitrogen and oxygen atoms in total. The zero-order valence-electron chi connectivity index (χ0n) is 9.65. The Morgan fingerprint density at radius 3 is 2.58 bits per heavy atom. The Hall–Kier alpha value is -1.16. The van der Waals surface area contributed by atoms with E-state index in [-0.39, 0.29) is 4.90 Å². The second-order valence-electron chi connectivity index (χ2n) is 3.80. The van der Waals surface area contributed by atoms with Gasteiger partial charge < -0.3 is 9.81 Å². The van der Waals surface area contributed by atoms with Crippen LogP contribution in [0.5, 0.6) is 0 Å². The van der Waals surface area contributed by atoms with Crippen molar-refractivity contribution in [3.63, 3.8) is 0 Å². The summed E-state index contributed by atoms with van der Waals surface area (Å²) in [7, 11) is -4.50. The molecule has 0 aliphatic rings. The molecule has 0 aliphatic carbocycles. The van der Waals surface area contributed by atoms with E-state index in [2.05, 4.69) is 9.37 Å². The number of rotatable bonds is 4. The normalized spacial score (nSPS) is 11.9. The molecule has 0 fully saturated rings. The van der Waals surface area contributed by atoms with Crippen LogP contribution in [0.1, 0.15) is 5.56 Å². The highest BCUT2D eigenvalue weighted by atomic mass is 32.2. The quantitative estimate of drug-likeness (QED) is 0.363. The highest BCUT2D eigenvalue weighted by Crippen LogP contribution is 2.28. The van der Waals surface area contributed by atoms with Crippen LogP contribution in [0.4, 0.5) is 0 Å². The van der Waals surface area contributed by atoms with Gasteiger partial charge in [-0.15, -0.1) is 0 Å². The molecular formula is C11H8O6S2-2. The highest BCUT2D eigenvalue weighted by molar-refractivity contribution is 7.94. The smallest absolute Gasteiger partial charge is 0.124 e. The molecule has 0 saturated carbocycles. The average molecular weight is 300 g/mol. The first-order valence-corrected chi connectivity index (χ1v) is 7.20. The molecule has 0 atom stereocenters. The van der Waals surface area contributed by atoms with Gasteiger partial charge in [-0.1, -0.05) is 6.07 Å². The average Bonchev–Trinajstić information content (AvgIpc) is 2.34. The van der Waals surface area contributed by atoms with Crippen LogP contribution in [0.2, 0.25) is 0 Å². The van der Waals surface area contributed by atoms with Crippen molar-refractivity contribution < 1.29 is 27.6 Å². The third kappa shape index (κ3) is 3.24. The summed E-state index contributed by atoms with van der Waals surface area (Å²) in [5.74, 6) is 0. The lowest BCUT2D eigenvalue weighted by Crippen LogP contribution is -2.01. The van der Waals surface area contributed by atoms with Crippen molar-refractivity contribution >= 4 is 32.9 Å². The van der Waals surface area contributed by atoms with Crippen molar-refractivity contribution in [2.45, 2.75) is 16.7 Å². The van der Waals surface area contributed by atoms with E-state index in [1.165, 1.54) is 12.1 Å². The lowest BCUT2D eigenvalue weighted by molar-refractivity contribution is -0.777. The molecule has 0 N–H and O–H groups in total. The van der Waals surface area contributed by atoms with Crippen molar-refractivity contribution in [2.24, 2.45) is 0 Å². The number of hydrogen-bond donors (Lipinski definition) is 0. The third-order valence-electron chi connectivity index (χ3n) is 2.55. The van der Waals surface area contributed by atoms with Gasteiger partial charge in [-0.05, 0) is 47.5 Å². The predicted octanol–water partition coefficient (Wildman–Crippen LogP) is 1.28. The molecular weight excluding hydrogens is 292 g/mol. The number of benzene rings is 2. The second kappa shape index (κ2) is 5.45. The standard InChI is InChI=1S/C11H10O6S2/c1-7-4-9(18-17-16-12)5-8-6-10(19(13,14)15)2-3-11(7)8/h2-6,12H,1H3,(H,13,14,15)/p-2. The van der Waals surface area contributed by atoms with E-state index in [9.17, 15) is 18.2 Å². The summed E-state index contributed by atoms with van der Waals surface area (Å²) in [6.07, 6.45) is 0. The van der Waals surface area contributed by atoms with Crippen LogP contribution in [0.3, 0.4) is 0 Å². The van der Waals surface area contributed by atoms with Crippen LogP contribution in [0.25, 0.3) is 10.8 Å². The lowest BCUT2D eigenvalue weighted by Gasteiger charge is -2.11. The molecule has 2 rings (SSSR count). The van der Waals surface area contributed by atoms with Crippen molar-refractivity contribution in [2.75, 3.05) is 0 Å². The molecule has 0 bridgehead atoms. The fourth-order valence-electron chi connectivity index (χ4n) is 1.76. The molecule has 19 heavy (non-hydrogen) atoms. The van der Waals surface area contributed by atoms with Crippen LogP contribution in [-0.4, -0.2) is 13.0 Å². The van der Waals surface area contributed by atoms with Crippen LogP contribution < -0.4 is 5.26 Å². The van der Waals surface area contributed by atoms with Crippen molar-refractivity contribution in [1.29, 1.82) is 0 Å². The first kappa shape index (κ1) is 14.3. The molecule has 0 spiro atoms. The summed E-state index contributed by atoms with van der Waals surface area (Å²) < 4.78 is 37.1. The summed E-state index contributed by atoms with van der Waals surface area (Å²) in [6, 6.07) is 7.46. The van der Waals surface area contributed by atoms with Gasteiger partial charge in [0.15, 0.2) is 0 Å². The molecule has 0 heterocycles.